The number of phenolic OH excluding ortho intramolecular Hbond substituents is 3. The molecule has 0 fully saturated rings. The predicted molar refractivity (Wildman–Crippen MR) is 111 cm³/mol. The number of phenols is 3. The zero-order chi connectivity index (χ0) is 24.5. The molecule has 11 nitrogen and oxygen atoms in total. The molecule has 2 aromatic carbocycles. The molecule has 172 valence electrons. The van der Waals surface area contributed by atoms with Crippen molar-refractivity contribution in [1.82, 2.24) is 0 Å². The van der Waals surface area contributed by atoms with Crippen molar-refractivity contribution >= 4 is 36.0 Å². The van der Waals surface area contributed by atoms with Crippen molar-refractivity contribution in [3.05, 3.63) is 65.7 Å². The number of esters is 2. The topological polar surface area (TPSA) is 188 Å². The maximum absolute atomic E-state index is 12.0. The van der Waals surface area contributed by atoms with Crippen LogP contribution >= 0.6 is 0 Å². The number of hydrogen-bond acceptors (Lipinski definition) is 9. The van der Waals surface area contributed by atoms with Crippen molar-refractivity contribution < 1.29 is 54.2 Å². The van der Waals surface area contributed by atoms with Gasteiger partial charge < -0.3 is 35.0 Å². The van der Waals surface area contributed by atoms with E-state index in [1.165, 1.54) is 36.4 Å². The molecular weight excluding hydrogens is 440 g/mol. The second kappa shape index (κ2) is 11.0. The number of hydrogen-bond donors (Lipinski definition) is 5. The van der Waals surface area contributed by atoms with Crippen LogP contribution in [0.25, 0.3) is 12.2 Å². The first-order chi connectivity index (χ1) is 15.6. The lowest BCUT2D eigenvalue weighted by Gasteiger charge is -2.19. The van der Waals surface area contributed by atoms with Crippen molar-refractivity contribution in [2.45, 2.75) is 12.2 Å². The van der Waals surface area contributed by atoms with Gasteiger partial charge >= 0.3 is 23.9 Å². The van der Waals surface area contributed by atoms with E-state index in [0.29, 0.717) is 5.56 Å². The van der Waals surface area contributed by atoms with Crippen LogP contribution in [0.3, 0.4) is 0 Å². The lowest BCUT2D eigenvalue weighted by molar-refractivity contribution is -0.183. The summed E-state index contributed by atoms with van der Waals surface area (Å²) in [5.74, 6) is -7.10. The third kappa shape index (κ3) is 7.43. The first-order valence-electron chi connectivity index (χ1n) is 9.11. The number of carbonyl (C=O) groups is 4. The molecule has 0 unspecified atom stereocenters. The minimum Gasteiger partial charge on any atom is -0.508 e. The van der Waals surface area contributed by atoms with Crippen molar-refractivity contribution in [1.29, 1.82) is 0 Å². The van der Waals surface area contributed by atoms with E-state index in [1.54, 1.807) is 0 Å². The fraction of sp³-hybridized carbons (Fsp3) is 0.0909. The van der Waals surface area contributed by atoms with Gasteiger partial charge in [0.1, 0.15) is 5.75 Å². The van der Waals surface area contributed by atoms with E-state index in [1.807, 2.05) is 0 Å². The molecule has 11 heteroatoms. The molecule has 2 atom stereocenters. The van der Waals surface area contributed by atoms with Gasteiger partial charge in [-0.1, -0.05) is 18.2 Å². The summed E-state index contributed by atoms with van der Waals surface area (Å²) in [4.78, 5) is 46.9. The fourth-order valence-corrected chi connectivity index (χ4v) is 2.37. The lowest BCUT2D eigenvalue weighted by Crippen LogP contribution is -2.45. The van der Waals surface area contributed by atoms with Gasteiger partial charge in [0.15, 0.2) is 11.5 Å². The monoisotopic (exact) mass is 458 g/mol. The maximum Gasteiger partial charge on any atom is 0.349 e. The largest absolute Gasteiger partial charge is 0.508 e. The molecule has 33 heavy (non-hydrogen) atoms. The number of aliphatic carboxylic acids is 2. The first-order valence-corrected chi connectivity index (χ1v) is 9.11. The quantitative estimate of drug-likeness (QED) is 0.208. The Morgan fingerprint density at radius 1 is 0.667 bits per heavy atom. The molecule has 0 radical (unpaired) electrons. The van der Waals surface area contributed by atoms with Gasteiger partial charge in [0, 0.05) is 12.2 Å². The zero-order valence-corrected chi connectivity index (χ0v) is 16.7. The molecule has 5 N–H and O–H groups in total. The van der Waals surface area contributed by atoms with Crippen LogP contribution in [0, 0.1) is 0 Å². The molecule has 0 aliphatic rings. The standard InChI is InChI=1S/C22H18O11/c23-14-6-1-12(2-7-14)4-9-17(26)32-19(21(28)29)20(22(30)31)33-18(27)10-5-13-3-8-15(24)16(25)11-13/h1-11,19-20,23-25H,(H,28,29)(H,30,31)/t19-,20-/m0/s1. The van der Waals surface area contributed by atoms with E-state index in [4.69, 9.17) is 0 Å². The van der Waals surface area contributed by atoms with Crippen LogP contribution in [0.5, 0.6) is 17.2 Å². The van der Waals surface area contributed by atoms with Gasteiger partial charge in [-0.15, -0.1) is 0 Å². The Hall–Kier alpha value is -4.80. The molecular formula is C22H18O11. The Morgan fingerprint density at radius 3 is 1.58 bits per heavy atom. The third-order valence-corrected chi connectivity index (χ3v) is 3.96. The Morgan fingerprint density at radius 2 is 1.12 bits per heavy atom. The van der Waals surface area contributed by atoms with E-state index in [9.17, 15) is 44.7 Å². The average molecular weight is 458 g/mol. The lowest BCUT2D eigenvalue weighted by atomic mass is 10.2. The molecule has 0 aliphatic carbocycles. The van der Waals surface area contributed by atoms with Crippen molar-refractivity contribution in [2.75, 3.05) is 0 Å². The number of rotatable bonds is 9. The normalized spacial score (nSPS) is 12.8. The predicted octanol–water partition coefficient (Wildman–Crippen LogP) is 1.52. The minimum atomic E-state index is -2.36. The molecule has 0 bridgehead atoms. The number of aromatic hydroxyl groups is 3. The molecule has 0 aromatic heterocycles. The van der Waals surface area contributed by atoms with E-state index in [-0.39, 0.29) is 11.3 Å². The second-order valence-electron chi connectivity index (χ2n) is 6.40. The van der Waals surface area contributed by atoms with Crippen LogP contribution in [0.1, 0.15) is 11.1 Å². The second-order valence-corrected chi connectivity index (χ2v) is 6.40. The summed E-state index contributed by atoms with van der Waals surface area (Å²) in [6.07, 6.45) is -0.776. The number of carboxylic acids is 2. The van der Waals surface area contributed by atoms with Gasteiger partial charge in [-0.25, -0.2) is 19.2 Å². The zero-order valence-electron chi connectivity index (χ0n) is 16.7. The SMILES string of the molecule is O=C(C=Cc1ccc(O)cc1)O[C@H](C(=O)O)[C@H](OC(=O)C=Cc1ccc(O)c(O)c1)C(=O)O. The summed E-state index contributed by atoms with van der Waals surface area (Å²) in [6, 6.07) is 9.18. The maximum atomic E-state index is 12.0. The number of carboxylic acid groups (broad SMARTS) is 2. The highest BCUT2D eigenvalue weighted by molar-refractivity contribution is 5.93. The summed E-state index contributed by atoms with van der Waals surface area (Å²) in [5.41, 5.74) is 0.706. The Balaban J connectivity index is 2.09. The smallest absolute Gasteiger partial charge is 0.349 e. The van der Waals surface area contributed by atoms with Crippen LogP contribution in [0.2, 0.25) is 0 Å². The fourth-order valence-electron chi connectivity index (χ4n) is 2.37. The third-order valence-electron chi connectivity index (χ3n) is 3.96. The van der Waals surface area contributed by atoms with E-state index < -0.39 is 47.6 Å². The van der Waals surface area contributed by atoms with Crippen LogP contribution in [0.4, 0.5) is 0 Å². The minimum absolute atomic E-state index is 0.0111. The molecule has 0 amide bonds. The highest BCUT2D eigenvalue weighted by atomic mass is 16.6. The highest BCUT2D eigenvalue weighted by Gasteiger charge is 2.40. The highest BCUT2D eigenvalue weighted by Crippen LogP contribution is 2.25. The van der Waals surface area contributed by atoms with Crippen LogP contribution in [-0.2, 0) is 28.7 Å². The molecule has 2 rings (SSSR count). The van der Waals surface area contributed by atoms with Gasteiger partial charge in [0.2, 0.25) is 12.2 Å². The Bertz CT molecular complexity index is 1100. The number of carbonyl (C=O) groups excluding carboxylic acids is 2. The summed E-state index contributed by atoms with van der Waals surface area (Å²) in [6.45, 7) is 0. The van der Waals surface area contributed by atoms with Crippen LogP contribution in [-0.4, -0.2) is 61.6 Å². The molecule has 0 saturated carbocycles. The molecule has 0 aliphatic heterocycles. The molecule has 0 saturated heterocycles. The summed E-state index contributed by atoms with van der Waals surface area (Å²) < 4.78 is 9.30. The van der Waals surface area contributed by atoms with Crippen molar-refractivity contribution in [3.8, 4) is 17.2 Å². The van der Waals surface area contributed by atoms with Gasteiger partial charge in [-0.2, -0.15) is 0 Å². The summed E-state index contributed by atoms with van der Waals surface area (Å²) in [7, 11) is 0. The number of ether oxygens (including phenoxy) is 2. The van der Waals surface area contributed by atoms with Crippen molar-refractivity contribution in [2.24, 2.45) is 0 Å². The molecule has 2 aromatic rings. The summed E-state index contributed by atoms with van der Waals surface area (Å²) in [5, 5.41) is 46.5. The molecule has 0 heterocycles. The van der Waals surface area contributed by atoms with E-state index in [0.717, 1.165) is 30.4 Å². The van der Waals surface area contributed by atoms with Gasteiger partial charge in [-0.05, 0) is 47.5 Å². The van der Waals surface area contributed by atoms with E-state index in [2.05, 4.69) is 9.47 Å². The Kier molecular flexibility index (Phi) is 8.16. The first kappa shape index (κ1) is 24.5. The summed E-state index contributed by atoms with van der Waals surface area (Å²) >= 11 is 0. The van der Waals surface area contributed by atoms with Gasteiger partial charge in [0.25, 0.3) is 0 Å². The van der Waals surface area contributed by atoms with Crippen molar-refractivity contribution in [3.63, 3.8) is 0 Å². The molecule has 0 spiro atoms. The Labute approximate surface area is 186 Å². The van der Waals surface area contributed by atoms with Gasteiger partial charge in [-0.3, -0.25) is 0 Å². The van der Waals surface area contributed by atoms with Crippen LogP contribution < -0.4 is 0 Å². The van der Waals surface area contributed by atoms with E-state index >= 15 is 0 Å². The number of benzene rings is 2. The van der Waals surface area contributed by atoms with Crippen LogP contribution in [0.15, 0.2) is 54.6 Å². The average Bonchev–Trinajstić information content (AvgIpc) is 2.76. The van der Waals surface area contributed by atoms with Gasteiger partial charge in [0.05, 0.1) is 0 Å².